The average Bonchev–Trinajstić information content (AvgIpc) is 2.93. The summed E-state index contributed by atoms with van der Waals surface area (Å²) in [5, 5.41) is 1.27. The Hall–Kier alpha value is -2.30. The van der Waals surface area contributed by atoms with Crippen LogP contribution in [-0.4, -0.2) is 34.9 Å². The van der Waals surface area contributed by atoms with Gasteiger partial charge in [-0.2, -0.15) is 0 Å². The Labute approximate surface area is 147 Å². The third kappa shape index (κ3) is 2.81. The number of nitrogens with one attached hydrogen (secondary N) is 1. The van der Waals surface area contributed by atoms with Gasteiger partial charge in [0, 0.05) is 36.0 Å². The summed E-state index contributed by atoms with van der Waals surface area (Å²) < 4.78 is 5.07. The van der Waals surface area contributed by atoms with Crippen molar-refractivity contribution in [3.8, 4) is 0 Å². The van der Waals surface area contributed by atoms with Crippen LogP contribution in [0.3, 0.4) is 0 Å². The molecule has 1 saturated heterocycles. The third-order valence-electron chi connectivity index (χ3n) is 5.51. The minimum Gasteiger partial charge on any atom is -0.466 e. The van der Waals surface area contributed by atoms with Crippen molar-refractivity contribution < 1.29 is 14.3 Å². The van der Waals surface area contributed by atoms with Crippen LogP contribution in [0.4, 0.5) is 0 Å². The van der Waals surface area contributed by atoms with Gasteiger partial charge in [-0.3, -0.25) is 9.59 Å². The summed E-state index contributed by atoms with van der Waals surface area (Å²) >= 11 is 0. The number of benzene rings is 1. The molecule has 4 rings (SSSR count). The number of aromatic amines is 1. The molecule has 2 aliphatic rings. The minimum absolute atomic E-state index is 0.0529. The number of piperidine rings is 1. The van der Waals surface area contributed by atoms with Crippen molar-refractivity contribution in [2.45, 2.75) is 45.6 Å². The number of amides is 1. The first kappa shape index (κ1) is 16.2. The van der Waals surface area contributed by atoms with Gasteiger partial charge >= 0.3 is 5.97 Å². The Morgan fingerprint density at radius 2 is 2.24 bits per heavy atom. The van der Waals surface area contributed by atoms with Gasteiger partial charge in [-0.25, -0.2) is 0 Å². The van der Waals surface area contributed by atoms with E-state index >= 15 is 0 Å². The van der Waals surface area contributed by atoms with Gasteiger partial charge in [0.1, 0.15) is 0 Å². The topological polar surface area (TPSA) is 62.4 Å². The second-order valence-electron chi connectivity index (χ2n) is 7.23. The van der Waals surface area contributed by atoms with Crippen molar-refractivity contribution in [1.82, 2.24) is 9.88 Å². The summed E-state index contributed by atoms with van der Waals surface area (Å²) in [5.41, 5.74) is 4.88. The monoisotopic (exact) mass is 340 g/mol. The molecule has 1 aromatic heterocycles. The van der Waals surface area contributed by atoms with Gasteiger partial charge in [0.25, 0.3) is 0 Å². The molecular weight excluding hydrogens is 316 g/mol. The molecule has 2 aliphatic heterocycles. The Balaban J connectivity index is 1.66. The van der Waals surface area contributed by atoms with Gasteiger partial charge in [0.15, 0.2) is 0 Å². The maximum absolute atomic E-state index is 12.6. The Morgan fingerprint density at radius 3 is 3.04 bits per heavy atom. The molecule has 25 heavy (non-hydrogen) atoms. The number of esters is 1. The summed E-state index contributed by atoms with van der Waals surface area (Å²) in [4.78, 5) is 30.0. The van der Waals surface area contributed by atoms with E-state index in [2.05, 4.69) is 30.1 Å². The van der Waals surface area contributed by atoms with Crippen LogP contribution in [0.15, 0.2) is 18.2 Å². The lowest BCUT2D eigenvalue weighted by Crippen LogP contribution is -2.45. The van der Waals surface area contributed by atoms with Crippen LogP contribution >= 0.6 is 0 Å². The Kier molecular flexibility index (Phi) is 4.02. The number of nitrogens with zero attached hydrogens (tertiary/aromatic N) is 1. The highest BCUT2D eigenvalue weighted by Gasteiger charge is 2.40. The van der Waals surface area contributed by atoms with Crippen LogP contribution in [0.25, 0.3) is 10.9 Å². The lowest BCUT2D eigenvalue weighted by molar-refractivity contribution is -0.147. The minimum atomic E-state index is -0.197. The van der Waals surface area contributed by atoms with Crippen molar-refractivity contribution >= 4 is 22.8 Å². The first-order valence-electron chi connectivity index (χ1n) is 9.13. The molecule has 0 radical (unpaired) electrons. The molecule has 132 valence electrons. The van der Waals surface area contributed by atoms with Crippen LogP contribution in [-0.2, 0) is 20.7 Å². The molecule has 1 fully saturated rings. The fraction of sp³-hybridized carbons (Fsp3) is 0.500. The van der Waals surface area contributed by atoms with E-state index in [-0.39, 0.29) is 23.8 Å². The summed E-state index contributed by atoms with van der Waals surface area (Å²) in [6.07, 6.45) is 2.50. The predicted molar refractivity (Wildman–Crippen MR) is 95.2 cm³/mol. The van der Waals surface area contributed by atoms with Crippen LogP contribution in [0.1, 0.15) is 49.0 Å². The first-order valence-corrected chi connectivity index (χ1v) is 9.13. The average molecular weight is 340 g/mol. The maximum atomic E-state index is 12.6. The normalized spacial score (nSPS) is 22.6. The molecule has 3 heterocycles. The molecule has 1 aromatic carbocycles. The lowest BCUT2D eigenvalue weighted by Gasteiger charge is -2.42. The number of fused-ring (bicyclic) bond motifs is 5. The van der Waals surface area contributed by atoms with Crippen LogP contribution in [0.5, 0.6) is 0 Å². The third-order valence-corrected chi connectivity index (χ3v) is 5.51. The molecule has 1 unspecified atom stereocenters. The molecule has 0 bridgehead atoms. The van der Waals surface area contributed by atoms with Gasteiger partial charge < -0.3 is 14.6 Å². The fourth-order valence-corrected chi connectivity index (χ4v) is 4.40. The molecule has 1 amide bonds. The number of aromatic nitrogens is 1. The summed E-state index contributed by atoms with van der Waals surface area (Å²) in [6, 6.07) is 6.50. The van der Waals surface area contributed by atoms with Crippen molar-refractivity contribution in [2.75, 3.05) is 13.2 Å². The van der Waals surface area contributed by atoms with Crippen molar-refractivity contribution in [1.29, 1.82) is 0 Å². The quantitative estimate of drug-likeness (QED) is 0.872. The van der Waals surface area contributed by atoms with Gasteiger partial charge in [0.2, 0.25) is 5.91 Å². The highest BCUT2D eigenvalue weighted by atomic mass is 16.5. The van der Waals surface area contributed by atoms with Gasteiger partial charge in [-0.05, 0) is 50.3 Å². The summed E-state index contributed by atoms with van der Waals surface area (Å²) in [6.45, 7) is 5.07. The van der Waals surface area contributed by atoms with Gasteiger partial charge in [-0.15, -0.1) is 0 Å². The SMILES string of the molecule is CCOC(=O)CC1CC(=O)N2CCc3c([nH]c4ccc(C)cc34)[C@@H]2C1. The van der Waals surface area contributed by atoms with Crippen molar-refractivity contribution in [3.05, 3.63) is 35.0 Å². The number of hydrogen-bond donors (Lipinski definition) is 1. The highest BCUT2D eigenvalue weighted by Crippen LogP contribution is 2.42. The summed E-state index contributed by atoms with van der Waals surface area (Å²) in [7, 11) is 0. The Morgan fingerprint density at radius 1 is 1.40 bits per heavy atom. The fourth-order valence-electron chi connectivity index (χ4n) is 4.40. The number of rotatable bonds is 3. The van der Waals surface area contributed by atoms with Crippen molar-refractivity contribution in [3.63, 3.8) is 0 Å². The second kappa shape index (κ2) is 6.21. The van der Waals surface area contributed by atoms with Crippen LogP contribution in [0.2, 0.25) is 0 Å². The molecule has 0 saturated carbocycles. The lowest BCUT2D eigenvalue weighted by atomic mass is 9.83. The van der Waals surface area contributed by atoms with E-state index in [0.29, 0.717) is 19.4 Å². The predicted octanol–water partition coefficient (Wildman–Crippen LogP) is 3.27. The largest absolute Gasteiger partial charge is 0.466 e. The molecule has 0 aliphatic carbocycles. The van der Waals surface area contributed by atoms with E-state index in [1.807, 2.05) is 11.8 Å². The molecule has 5 heteroatoms. The van der Waals surface area contributed by atoms with Crippen LogP contribution in [0, 0.1) is 12.8 Å². The van der Waals surface area contributed by atoms with E-state index in [1.54, 1.807) is 0 Å². The first-order chi connectivity index (χ1) is 12.1. The maximum Gasteiger partial charge on any atom is 0.306 e. The number of ether oxygens (including phenoxy) is 1. The zero-order chi connectivity index (χ0) is 17.6. The zero-order valence-corrected chi connectivity index (χ0v) is 14.8. The number of hydrogen-bond acceptors (Lipinski definition) is 3. The summed E-state index contributed by atoms with van der Waals surface area (Å²) in [5.74, 6) is 0.0231. The second-order valence-corrected chi connectivity index (χ2v) is 7.23. The van der Waals surface area contributed by atoms with Crippen molar-refractivity contribution in [2.24, 2.45) is 5.92 Å². The van der Waals surface area contributed by atoms with E-state index < -0.39 is 0 Å². The van der Waals surface area contributed by atoms with E-state index in [4.69, 9.17) is 4.74 Å². The number of H-pyrrole nitrogens is 1. The number of carbonyl (C=O) groups is 2. The molecular formula is C20H24N2O3. The molecule has 1 N–H and O–H groups in total. The zero-order valence-electron chi connectivity index (χ0n) is 14.8. The number of aryl methyl sites for hydroxylation is 1. The van der Waals surface area contributed by atoms with E-state index in [9.17, 15) is 9.59 Å². The molecule has 5 nitrogen and oxygen atoms in total. The number of carbonyl (C=O) groups excluding carboxylic acids is 2. The van der Waals surface area contributed by atoms with E-state index in [0.717, 1.165) is 30.6 Å². The van der Waals surface area contributed by atoms with Gasteiger partial charge in [-0.1, -0.05) is 11.6 Å². The molecule has 2 aromatic rings. The Bertz CT molecular complexity index is 839. The van der Waals surface area contributed by atoms with E-state index in [1.165, 1.54) is 16.5 Å². The highest BCUT2D eigenvalue weighted by molar-refractivity contribution is 5.87. The smallest absolute Gasteiger partial charge is 0.306 e. The standard InChI is InChI=1S/C20H24N2O3/c1-3-25-19(24)11-13-9-17-20-14(6-7-22(17)18(23)10-13)15-8-12(2)4-5-16(15)21-20/h4-5,8,13,17,21H,3,6-7,9-11H2,1-2H3/t13?,17-/m0/s1. The molecule has 0 spiro atoms. The van der Waals surface area contributed by atoms with Gasteiger partial charge in [0.05, 0.1) is 12.6 Å². The molecule has 2 atom stereocenters. The van der Waals surface area contributed by atoms with Crippen LogP contribution < -0.4 is 0 Å².